The minimum Gasteiger partial charge on any atom is -0.337 e. The molecule has 0 spiro atoms. The topological polar surface area (TPSA) is 46.3 Å². The van der Waals surface area contributed by atoms with E-state index in [1.54, 1.807) is 32.2 Å². The minimum absolute atomic E-state index is 0.239. The van der Waals surface area contributed by atoms with Gasteiger partial charge in [-0.3, -0.25) is 4.79 Å². The van der Waals surface area contributed by atoms with Crippen molar-refractivity contribution in [3.63, 3.8) is 0 Å². The van der Waals surface area contributed by atoms with E-state index in [1.165, 1.54) is 11.0 Å². The Hall–Kier alpha value is -2.20. The van der Waals surface area contributed by atoms with Crippen LogP contribution >= 0.6 is 0 Å². The van der Waals surface area contributed by atoms with Gasteiger partial charge in [-0.05, 0) is 18.6 Å². The Kier molecular flexibility index (Phi) is 4.70. The molecule has 0 radical (unpaired) electrons. The van der Waals surface area contributed by atoms with Crippen LogP contribution < -0.4 is 5.73 Å². The third kappa shape index (κ3) is 3.28. The molecule has 4 heteroatoms. The van der Waals surface area contributed by atoms with E-state index in [0.717, 1.165) is 5.56 Å². The third-order valence-electron chi connectivity index (χ3n) is 3.71. The van der Waals surface area contributed by atoms with Crippen molar-refractivity contribution in [3.05, 3.63) is 71.5 Å². The highest BCUT2D eigenvalue weighted by atomic mass is 19.1. The maximum atomic E-state index is 13.8. The summed E-state index contributed by atoms with van der Waals surface area (Å²) >= 11 is 0. The number of likely N-dealkylation sites (N-methyl/N-ethyl adjacent to an activating group) is 1. The highest BCUT2D eigenvalue weighted by molar-refractivity contribution is 5.83. The first-order valence-electron chi connectivity index (χ1n) is 6.84. The molecular weight excluding hydrogens is 267 g/mol. The summed E-state index contributed by atoms with van der Waals surface area (Å²) in [5.41, 5.74) is 7.23. The van der Waals surface area contributed by atoms with Crippen LogP contribution in [-0.4, -0.2) is 17.9 Å². The molecule has 2 aromatic rings. The smallest absolute Gasteiger partial charge is 0.244 e. The molecule has 2 rings (SSSR count). The summed E-state index contributed by atoms with van der Waals surface area (Å²) in [5, 5.41) is 0. The van der Waals surface area contributed by atoms with Gasteiger partial charge in [0, 0.05) is 12.6 Å². The van der Waals surface area contributed by atoms with E-state index in [9.17, 15) is 9.18 Å². The number of hydrogen-bond donors (Lipinski definition) is 1. The zero-order valence-corrected chi connectivity index (χ0v) is 12.2. The first-order chi connectivity index (χ1) is 10.0. The Morgan fingerprint density at radius 1 is 1.10 bits per heavy atom. The standard InChI is InChI=1S/C17H19FN2O/c1-12(14-10-6-7-11-15(14)18)20(2)17(21)16(19)13-8-4-3-5-9-13/h3-12,16H,19H2,1-2H3. The lowest BCUT2D eigenvalue weighted by Crippen LogP contribution is -2.37. The van der Waals surface area contributed by atoms with Crippen LogP contribution in [0.2, 0.25) is 0 Å². The number of amides is 1. The number of hydrogen-bond acceptors (Lipinski definition) is 2. The molecule has 0 aliphatic rings. The first-order valence-corrected chi connectivity index (χ1v) is 6.84. The number of carbonyl (C=O) groups is 1. The fourth-order valence-corrected chi connectivity index (χ4v) is 2.24. The van der Waals surface area contributed by atoms with Gasteiger partial charge in [-0.1, -0.05) is 48.5 Å². The van der Waals surface area contributed by atoms with Crippen LogP contribution in [-0.2, 0) is 4.79 Å². The molecule has 2 aromatic carbocycles. The van der Waals surface area contributed by atoms with Gasteiger partial charge in [-0.25, -0.2) is 4.39 Å². The summed E-state index contributed by atoms with van der Waals surface area (Å²) in [4.78, 5) is 13.9. The van der Waals surface area contributed by atoms with Crippen LogP contribution in [0.1, 0.15) is 30.1 Å². The van der Waals surface area contributed by atoms with Crippen molar-refractivity contribution in [2.24, 2.45) is 5.73 Å². The molecule has 2 N–H and O–H groups in total. The van der Waals surface area contributed by atoms with Crippen LogP contribution in [0.15, 0.2) is 54.6 Å². The molecule has 0 bridgehead atoms. The molecule has 0 saturated heterocycles. The first kappa shape index (κ1) is 15.2. The molecule has 2 unspecified atom stereocenters. The van der Waals surface area contributed by atoms with E-state index >= 15 is 0 Å². The van der Waals surface area contributed by atoms with E-state index in [2.05, 4.69) is 0 Å². The van der Waals surface area contributed by atoms with Gasteiger partial charge in [0.15, 0.2) is 0 Å². The molecule has 0 aliphatic carbocycles. The van der Waals surface area contributed by atoms with Crippen LogP contribution in [0.4, 0.5) is 4.39 Å². The molecule has 21 heavy (non-hydrogen) atoms. The van der Waals surface area contributed by atoms with Crippen molar-refractivity contribution in [3.8, 4) is 0 Å². The summed E-state index contributed by atoms with van der Waals surface area (Å²) < 4.78 is 13.8. The second-order valence-corrected chi connectivity index (χ2v) is 5.03. The molecule has 3 nitrogen and oxygen atoms in total. The van der Waals surface area contributed by atoms with Crippen LogP contribution in [0.5, 0.6) is 0 Å². The molecular formula is C17H19FN2O. The highest BCUT2D eigenvalue weighted by Crippen LogP contribution is 2.24. The molecule has 2 atom stereocenters. The van der Waals surface area contributed by atoms with Crippen molar-refractivity contribution >= 4 is 5.91 Å². The molecule has 1 amide bonds. The molecule has 0 saturated carbocycles. The molecule has 0 fully saturated rings. The number of nitrogens with two attached hydrogens (primary N) is 1. The molecule has 0 aromatic heterocycles. The van der Waals surface area contributed by atoms with Gasteiger partial charge in [-0.15, -0.1) is 0 Å². The van der Waals surface area contributed by atoms with Gasteiger partial charge >= 0.3 is 0 Å². The Bertz CT molecular complexity index is 615. The maximum Gasteiger partial charge on any atom is 0.244 e. The number of benzene rings is 2. The van der Waals surface area contributed by atoms with Gasteiger partial charge in [0.25, 0.3) is 0 Å². The number of halogens is 1. The lowest BCUT2D eigenvalue weighted by molar-refractivity contribution is -0.133. The zero-order valence-electron chi connectivity index (χ0n) is 12.2. The zero-order chi connectivity index (χ0) is 15.4. The van der Waals surface area contributed by atoms with E-state index < -0.39 is 6.04 Å². The summed E-state index contributed by atoms with van der Waals surface area (Å²) in [7, 11) is 1.64. The summed E-state index contributed by atoms with van der Waals surface area (Å²) in [6.07, 6.45) is 0. The van der Waals surface area contributed by atoms with Crippen molar-refractivity contribution in [2.45, 2.75) is 19.0 Å². The van der Waals surface area contributed by atoms with Crippen LogP contribution in [0.3, 0.4) is 0 Å². The minimum atomic E-state index is -0.745. The summed E-state index contributed by atoms with van der Waals surface area (Å²) in [6, 6.07) is 14.5. The van der Waals surface area contributed by atoms with E-state index in [-0.39, 0.29) is 17.8 Å². The second-order valence-electron chi connectivity index (χ2n) is 5.03. The summed E-state index contributed by atoms with van der Waals surface area (Å²) in [6.45, 7) is 1.79. The lowest BCUT2D eigenvalue weighted by Gasteiger charge is -2.28. The maximum absolute atomic E-state index is 13.8. The normalized spacial score (nSPS) is 13.5. The largest absolute Gasteiger partial charge is 0.337 e. The van der Waals surface area contributed by atoms with Crippen molar-refractivity contribution in [2.75, 3.05) is 7.05 Å². The Labute approximate surface area is 124 Å². The fraction of sp³-hybridized carbons (Fsp3) is 0.235. The Balaban J connectivity index is 2.18. The van der Waals surface area contributed by atoms with Gasteiger partial charge in [0.05, 0.1) is 6.04 Å². The van der Waals surface area contributed by atoms with Gasteiger partial charge in [-0.2, -0.15) is 0 Å². The predicted molar refractivity (Wildman–Crippen MR) is 81.0 cm³/mol. The predicted octanol–water partition coefficient (Wildman–Crippen LogP) is 3.05. The average molecular weight is 286 g/mol. The summed E-state index contributed by atoms with van der Waals surface area (Å²) in [5.74, 6) is -0.560. The monoisotopic (exact) mass is 286 g/mol. The van der Waals surface area contributed by atoms with Crippen LogP contribution in [0, 0.1) is 5.82 Å². The van der Waals surface area contributed by atoms with Crippen molar-refractivity contribution < 1.29 is 9.18 Å². The number of nitrogens with zero attached hydrogens (tertiary/aromatic N) is 1. The average Bonchev–Trinajstić information content (AvgIpc) is 2.53. The quantitative estimate of drug-likeness (QED) is 0.939. The van der Waals surface area contributed by atoms with Crippen LogP contribution in [0.25, 0.3) is 0 Å². The second kappa shape index (κ2) is 6.50. The van der Waals surface area contributed by atoms with Gasteiger partial charge in [0.1, 0.15) is 11.9 Å². The van der Waals surface area contributed by atoms with Crippen molar-refractivity contribution in [1.82, 2.24) is 4.90 Å². The Morgan fingerprint density at radius 2 is 1.67 bits per heavy atom. The van der Waals surface area contributed by atoms with E-state index in [4.69, 9.17) is 5.73 Å². The van der Waals surface area contributed by atoms with Crippen molar-refractivity contribution in [1.29, 1.82) is 0 Å². The van der Waals surface area contributed by atoms with Gasteiger partial charge < -0.3 is 10.6 Å². The number of carbonyl (C=O) groups excluding carboxylic acids is 1. The number of rotatable bonds is 4. The SMILES string of the molecule is CC(c1ccccc1F)N(C)C(=O)C(N)c1ccccc1. The van der Waals surface area contributed by atoms with Gasteiger partial charge in [0.2, 0.25) is 5.91 Å². The molecule has 110 valence electrons. The fourth-order valence-electron chi connectivity index (χ4n) is 2.24. The lowest BCUT2D eigenvalue weighted by atomic mass is 10.0. The Morgan fingerprint density at radius 3 is 2.29 bits per heavy atom. The third-order valence-corrected chi connectivity index (χ3v) is 3.71. The molecule has 0 heterocycles. The van der Waals surface area contributed by atoms with E-state index in [0.29, 0.717) is 5.56 Å². The highest BCUT2D eigenvalue weighted by Gasteiger charge is 2.25. The van der Waals surface area contributed by atoms with E-state index in [1.807, 2.05) is 30.3 Å². The molecule has 0 aliphatic heterocycles.